The van der Waals surface area contributed by atoms with Crippen LogP contribution in [0.1, 0.15) is 36.2 Å². The number of carbonyl (C=O) groups excluding carboxylic acids is 1. The molecule has 3 rings (SSSR count). The van der Waals surface area contributed by atoms with Gasteiger partial charge < -0.3 is 9.84 Å². The van der Waals surface area contributed by atoms with E-state index in [2.05, 4.69) is 21.0 Å². The first kappa shape index (κ1) is 19.8. The van der Waals surface area contributed by atoms with Crippen LogP contribution in [0.2, 0.25) is 0 Å². The molecule has 0 spiro atoms. The second-order valence-electron chi connectivity index (χ2n) is 6.24. The van der Waals surface area contributed by atoms with E-state index in [1.807, 2.05) is 25.1 Å². The van der Waals surface area contributed by atoms with Gasteiger partial charge in [-0.15, -0.1) is 0 Å². The van der Waals surface area contributed by atoms with Gasteiger partial charge in [-0.3, -0.25) is 4.79 Å². The Labute approximate surface area is 171 Å². The van der Waals surface area contributed by atoms with Gasteiger partial charge in [0.1, 0.15) is 5.75 Å². The maximum absolute atomic E-state index is 12.9. The molecule has 1 aliphatic rings. The number of hydrogen-bond acceptors (Lipinski definition) is 4. The smallest absolute Gasteiger partial charge is 0.335 e. The van der Waals surface area contributed by atoms with E-state index in [0.717, 1.165) is 16.5 Å². The molecule has 1 aliphatic heterocycles. The zero-order valence-electron chi connectivity index (χ0n) is 15.5. The number of rotatable bonds is 6. The molecular formula is C21H19BrN2O4. The summed E-state index contributed by atoms with van der Waals surface area (Å²) in [5, 5.41) is 14.6. The Kier molecular flexibility index (Phi) is 5.94. The van der Waals surface area contributed by atoms with Crippen LogP contribution in [0.4, 0.5) is 5.69 Å². The second-order valence-corrected chi connectivity index (χ2v) is 7.16. The Balaban J connectivity index is 1.92. The van der Waals surface area contributed by atoms with Crippen LogP contribution in [0, 0.1) is 0 Å². The SMILES string of the molecule is CCCOc1ccc(Br)cc1C=C1C(=O)N(c2ccc(C(=O)O)cc2)N=C1C. The molecule has 0 saturated carbocycles. The van der Waals surface area contributed by atoms with Gasteiger partial charge in [-0.05, 0) is 61.9 Å². The van der Waals surface area contributed by atoms with Crippen LogP contribution in [-0.4, -0.2) is 29.3 Å². The number of aromatic carboxylic acids is 1. The van der Waals surface area contributed by atoms with E-state index in [0.29, 0.717) is 29.3 Å². The molecular weight excluding hydrogens is 424 g/mol. The lowest BCUT2D eigenvalue weighted by atomic mass is 10.1. The zero-order chi connectivity index (χ0) is 20.3. The maximum Gasteiger partial charge on any atom is 0.335 e. The number of carboxylic acids is 1. The second kappa shape index (κ2) is 8.39. The van der Waals surface area contributed by atoms with Crippen molar-refractivity contribution in [1.29, 1.82) is 0 Å². The van der Waals surface area contributed by atoms with Crippen molar-refractivity contribution in [2.75, 3.05) is 11.6 Å². The van der Waals surface area contributed by atoms with Crippen molar-refractivity contribution < 1.29 is 19.4 Å². The van der Waals surface area contributed by atoms with Crippen molar-refractivity contribution in [3.8, 4) is 5.75 Å². The molecule has 0 aliphatic carbocycles. The molecule has 7 heteroatoms. The van der Waals surface area contributed by atoms with E-state index >= 15 is 0 Å². The Bertz CT molecular complexity index is 980. The Hall–Kier alpha value is -2.93. The molecule has 6 nitrogen and oxygen atoms in total. The van der Waals surface area contributed by atoms with Crippen LogP contribution >= 0.6 is 15.9 Å². The summed E-state index contributed by atoms with van der Waals surface area (Å²) >= 11 is 3.45. The Morgan fingerprint density at radius 2 is 1.96 bits per heavy atom. The molecule has 0 bridgehead atoms. The van der Waals surface area contributed by atoms with Gasteiger partial charge in [-0.1, -0.05) is 22.9 Å². The minimum absolute atomic E-state index is 0.152. The average Bonchev–Trinajstić information content (AvgIpc) is 2.95. The van der Waals surface area contributed by atoms with Crippen molar-refractivity contribution in [2.24, 2.45) is 5.10 Å². The first-order valence-corrected chi connectivity index (χ1v) is 9.57. The van der Waals surface area contributed by atoms with E-state index in [1.165, 1.54) is 17.1 Å². The topological polar surface area (TPSA) is 79.2 Å². The summed E-state index contributed by atoms with van der Waals surface area (Å²) < 4.78 is 6.66. The average molecular weight is 443 g/mol. The summed E-state index contributed by atoms with van der Waals surface area (Å²) in [5.41, 5.74) is 2.48. The fourth-order valence-corrected chi connectivity index (χ4v) is 3.11. The molecule has 2 aromatic carbocycles. The van der Waals surface area contributed by atoms with Gasteiger partial charge in [-0.25, -0.2) is 4.79 Å². The lowest BCUT2D eigenvalue weighted by molar-refractivity contribution is -0.114. The van der Waals surface area contributed by atoms with E-state index in [9.17, 15) is 9.59 Å². The summed E-state index contributed by atoms with van der Waals surface area (Å²) in [6.45, 7) is 4.38. The standard InChI is InChI=1S/C21H19BrN2O4/c1-3-10-28-19-9-6-16(22)11-15(19)12-18-13(2)23-24(20(18)25)17-7-4-14(5-8-17)21(26)27/h4-9,11-12H,3,10H2,1-2H3,(H,26,27). The van der Waals surface area contributed by atoms with Crippen LogP contribution < -0.4 is 9.75 Å². The molecule has 0 aromatic heterocycles. The number of hydrazone groups is 1. The summed E-state index contributed by atoms with van der Waals surface area (Å²) in [5.74, 6) is -0.599. The van der Waals surface area contributed by atoms with Crippen molar-refractivity contribution >= 4 is 45.3 Å². The predicted octanol–water partition coefficient (Wildman–Crippen LogP) is 4.74. The van der Waals surface area contributed by atoms with Crippen LogP contribution in [0.3, 0.4) is 0 Å². The fraction of sp³-hybridized carbons (Fsp3) is 0.190. The monoisotopic (exact) mass is 442 g/mol. The van der Waals surface area contributed by atoms with Gasteiger partial charge in [0.05, 0.1) is 29.1 Å². The first-order chi connectivity index (χ1) is 13.4. The van der Waals surface area contributed by atoms with Gasteiger partial charge in [0.15, 0.2) is 0 Å². The Morgan fingerprint density at radius 3 is 2.61 bits per heavy atom. The molecule has 0 unspecified atom stereocenters. The number of carboxylic acid groups (broad SMARTS) is 1. The minimum Gasteiger partial charge on any atom is -0.493 e. The maximum atomic E-state index is 12.9. The molecule has 28 heavy (non-hydrogen) atoms. The van der Waals surface area contributed by atoms with E-state index < -0.39 is 5.97 Å². The number of amides is 1. The van der Waals surface area contributed by atoms with Crippen LogP contribution in [0.15, 0.2) is 57.6 Å². The van der Waals surface area contributed by atoms with E-state index in [4.69, 9.17) is 9.84 Å². The molecule has 0 radical (unpaired) electrons. The largest absolute Gasteiger partial charge is 0.493 e. The highest BCUT2D eigenvalue weighted by Gasteiger charge is 2.29. The highest BCUT2D eigenvalue weighted by atomic mass is 79.9. The van der Waals surface area contributed by atoms with Gasteiger partial charge in [0, 0.05) is 10.0 Å². The molecule has 0 fully saturated rings. The molecule has 0 saturated heterocycles. The lowest BCUT2D eigenvalue weighted by Crippen LogP contribution is -2.21. The third-order valence-electron chi connectivity index (χ3n) is 4.15. The number of ether oxygens (including phenoxy) is 1. The predicted molar refractivity (Wildman–Crippen MR) is 112 cm³/mol. The van der Waals surface area contributed by atoms with Crippen LogP contribution in [-0.2, 0) is 4.79 Å². The molecule has 144 valence electrons. The van der Waals surface area contributed by atoms with Crippen molar-refractivity contribution in [1.82, 2.24) is 0 Å². The number of hydrogen-bond donors (Lipinski definition) is 1. The third kappa shape index (κ3) is 4.14. The van der Waals surface area contributed by atoms with Gasteiger partial charge in [0.25, 0.3) is 5.91 Å². The lowest BCUT2D eigenvalue weighted by Gasteiger charge is -2.12. The highest BCUT2D eigenvalue weighted by Crippen LogP contribution is 2.29. The summed E-state index contributed by atoms with van der Waals surface area (Å²) in [6, 6.07) is 11.7. The first-order valence-electron chi connectivity index (χ1n) is 8.78. The van der Waals surface area contributed by atoms with E-state index in [-0.39, 0.29) is 11.5 Å². The summed E-state index contributed by atoms with van der Waals surface area (Å²) in [4.78, 5) is 23.9. The molecule has 1 amide bonds. The summed E-state index contributed by atoms with van der Waals surface area (Å²) in [6.07, 6.45) is 2.65. The van der Waals surface area contributed by atoms with E-state index in [1.54, 1.807) is 25.1 Å². The van der Waals surface area contributed by atoms with Crippen molar-refractivity contribution in [3.63, 3.8) is 0 Å². The van der Waals surface area contributed by atoms with Gasteiger partial charge in [-0.2, -0.15) is 10.1 Å². The third-order valence-corrected chi connectivity index (χ3v) is 4.65. The molecule has 2 aromatic rings. The molecule has 0 atom stereocenters. The van der Waals surface area contributed by atoms with Gasteiger partial charge >= 0.3 is 5.97 Å². The van der Waals surface area contributed by atoms with Crippen LogP contribution in [0.25, 0.3) is 6.08 Å². The van der Waals surface area contributed by atoms with Crippen molar-refractivity contribution in [2.45, 2.75) is 20.3 Å². The zero-order valence-corrected chi connectivity index (χ0v) is 17.1. The number of anilines is 1. The number of benzene rings is 2. The van der Waals surface area contributed by atoms with Crippen molar-refractivity contribution in [3.05, 3.63) is 63.6 Å². The normalized spacial score (nSPS) is 15.1. The molecule has 1 N–H and O–H groups in total. The number of nitrogens with zero attached hydrogens (tertiary/aromatic N) is 2. The fourth-order valence-electron chi connectivity index (χ4n) is 2.74. The van der Waals surface area contributed by atoms with Crippen LogP contribution in [0.5, 0.6) is 5.75 Å². The number of carbonyl (C=O) groups is 2. The highest BCUT2D eigenvalue weighted by molar-refractivity contribution is 9.10. The Morgan fingerprint density at radius 1 is 1.25 bits per heavy atom. The van der Waals surface area contributed by atoms with Gasteiger partial charge in [0.2, 0.25) is 0 Å². The quantitative estimate of drug-likeness (QED) is 0.654. The number of halogens is 1. The summed E-state index contributed by atoms with van der Waals surface area (Å²) in [7, 11) is 0. The molecule has 1 heterocycles. The minimum atomic E-state index is -1.02.